The molecule has 156 valence electrons. The lowest BCUT2D eigenvalue weighted by molar-refractivity contribution is 0.0952. The Balaban J connectivity index is 1.52. The Labute approximate surface area is 183 Å². The highest BCUT2D eigenvalue weighted by atomic mass is 35.5. The Hall–Kier alpha value is -2.90. The number of halogens is 2. The molecule has 1 heterocycles. The third-order valence-corrected chi connectivity index (χ3v) is 4.59. The Kier molecular flexibility index (Phi) is 7.07. The zero-order valence-electron chi connectivity index (χ0n) is 16.4. The second-order valence-electron chi connectivity index (χ2n) is 6.90. The summed E-state index contributed by atoms with van der Waals surface area (Å²) in [6.45, 7) is 4.33. The molecule has 0 radical (unpaired) electrons. The molecule has 0 bridgehead atoms. The highest BCUT2D eigenvalue weighted by molar-refractivity contribution is 6.35. The SMILES string of the molecule is CC(C)c1noc(CCNC(=O)c2ccc(NC(=O)c3cc(Cl)cc(Cl)c3)cc2)n1. The van der Waals surface area contributed by atoms with Crippen molar-refractivity contribution in [3.05, 3.63) is 75.4 Å². The molecular formula is C21H20Cl2N4O3. The number of benzene rings is 2. The summed E-state index contributed by atoms with van der Waals surface area (Å²) >= 11 is 11.9. The van der Waals surface area contributed by atoms with Crippen LogP contribution in [0.2, 0.25) is 10.0 Å². The second-order valence-corrected chi connectivity index (χ2v) is 7.77. The van der Waals surface area contributed by atoms with Gasteiger partial charge in [0.05, 0.1) is 0 Å². The average molecular weight is 447 g/mol. The van der Waals surface area contributed by atoms with Crippen molar-refractivity contribution < 1.29 is 14.1 Å². The van der Waals surface area contributed by atoms with Gasteiger partial charge in [0.25, 0.3) is 11.8 Å². The van der Waals surface area contributed by atoms with Crippen LogP contribution in [-0.2, 0) is 6.42 Å². The van der Waals surface area contributed by atoms with Crippen LogP contribution in [0.5, 0.6) is 0 Å². The van der Waals surface area contributed by atoms with Crippen molar-refractivity contribution in [1.29, 1.82) is 0 Å². The van der Waals surface area contributed by atoms with Crippen LogP contribution >= 0.6 is 23.2 Å². The molecule has 0 aliphatic rings. The maximum atomic E-state index is 12.3. The average Bonchev–Trinajstić information content (AvgIpc) is 3.17. The molecule has 9 heteroatoms. The van der Waals surface area contributed by atoms with E-state index < -0.39 is 0 Å². The number of nitrogens with zero attached hydrogens (tertiary/aromatic N) is 2. The lowest BCUT2D eigenvalue weighted by Gasteiger charge is -2.08. The molecule has 0 aliphatic carbocycles. The monoisotopic (exact) mass is 446 g/mol. The van der Waals surface area contributed by atoms with Crippen molar-refractivity contribution in [2.75, 3.05) is 11.9 Å². The first-order valence-electron chi connectivity index (χ1n) is 9.30. The van der Waals surface area contributed by atoms with E-state index in [2.05, 4.69) is 20.8 Å². The minimum atomic E-state index is -0.350. The maximum Gasteiger partial charge on any atom is 0.255 e. The number of rotatable bonds is 7. The van der Waals surface area contributed by atoms with Crippen LogP contribution in [0.4, 0.5) is 5.69 Å². The Bertz CT molecular complexity index is 1030. The van der Waals surface area contributed by atoms with Crippen molar-refractivity contribution in [3.63, 3.8) is 0 Å². The van der Waals surface area contributed by atoms with Crippen LogP contribution < -0.4 is 10.6 Å². The molecule has 0 spiro atoms. The summed E-state index contributed by atoms with van der Waals surface area (Å²) in [7, 11) is 0. The van der Waals surface area contributed by atoms with Crippen LogP contribution in [0.15, 0.2) is 47.0 Å². The van der Waals surface area contributed by atoms with E-state index in [9.17, 15) is 9.59 Å². The first kappa shape index (κ1) is 21.8. The van der Waals surface area contributed by atoms with Gasteiger partial charge in [0.15, 0.2) is 5.82 Å². The van der Waals surface area contributed by atoms with Gasteiger partial charge in [0, 0.05) is 45.7 Å². The van der Waals surface area contributed by atoms with Gasteiger partial charge in [-0.25, -0.2) is 0 Å². The van der Waals surface area contributed by atoms with Gasteiger partial charge in [-0.05, 0) is 42.5 Å². The van der Waals surface area contributed by atoms with Crippen molar-refractivity contribution in [2.24, 2.45) is 0 Å². The van der Waals surface area contributed by atoms with E-state index in [1.54, 1.807) is 30.3 Å². The number of amides is 2. The summed E-state index contributed by atoms with van der Waals surface area (Å²) in [5.74, 6) is 0.731. The van der Waals surface area contributed by atoms with Crippen molar-refractivity contribution in [3.8, 4) is 0 Å². The fourth-order valence-electron chi connectivity index (χ4n) is 2.58. The molecular weight excluding hydrogens is 427 g/mol. The summed E-state index contributed by atoms with van der Waals surface area (Å²) in [4.78, 5) is 28.9. The molecule has 2 amide bonds. The second kappa shape index (κ2) is 9.73. The predicted molar refractivity (Wildman–Crippen MR) is 115 cm³/mol. The lowest BCUT2D eigenvalue weighted by atomic mass is 10.1. The Morgan fingerprint density at radius 2 is 1.67 bits per heavy atom. The zero-order valence-corrected chi connectivity index (χ0v) is 17.9. The predicted octanol–water partition coefficient (Wildman–Crippen LogP) is 4.72. The molecule has 30 heavy (non-hydrogen) atoms. The number of hydrogen-bond donors (Lipinski definition) is 2. The molecule has 7 nitrogen and oxygen atoms in total. The van der Waals surface area contributed by atoms with Gasteiger partial charge < -0.3 is 15.2 Å². The number of hydrogen-bond acceptors (Lipinski definition) is 5. The van der Waals surface area contributed by atoms with E-state index in [1.165, 1.54) is 12.1 Å². The number of carbonyl (C=O) groups is 2. The van der Waals surface area contributed by atoms with Gasteiger partial charge in [-0.2, -0.15) is 4.98 Å². The van der Waals surface area contributed by atoms with Crippen LogP contribution in [0.1, 0.15) is 52.2 Å². The molecule has 3 rings (SSSR count). The molecule has 0 unspecified atom stereocenters. The first-order chi connectivity index (χ1) is 14.3. The van der Waals surface area contributed by atoms with Gasteiger partial charge in [-0.15, -0.1) is 0 Å². The van der Waals surface area contributed by atoms with Gasteiger partial charge in [-0.3, -0.25) is 9.59 Å². The van der Waals surface area contributed by atoms with Crippen LogP contribution in [-0.4, -0.2) is 28.5 Å². The molecule has 3 aromatic rings. The molecule has 2 aromatic carbocycles. The van der Waals surface area contributed by atoms with E-state index in [0.29, 0.717) is 51.5 Å². The lowest BCUT2D eigenvalue weighted by Crippen LogP contribution is -2.25. The molecule has 0 atom stereocenters. The molecule has 0 saturated heterocycles. The Morgan fingerprint density at radius 3 is 2.27 bits per heavy atom. The fourth-order valence-corrected chi connectivity index (χ4v) is 3.11. The van der Waals surface area contributed by atoms with E-state index in [0.717, 1.165) is 0 Å². The molecule has 0 fully saturated rings. The minimum Gasteiger partial charge on any atom is -0.352 e. The minimum absolute atomic E-state index is 0.187. The zero-order chi connectivity index (χ0) is 21.7. The van der Waals surface area contributed by atoms with Crippen molar-refractivity contribution in [1.82, 2.24) is 15.5 Å². The normalized spacial score (nSPS) is 10.8. The van der Waals surface area contributed by atoms with Gasteiger partial charge in [0.1, 0.15) is 0 Å². The molecule has 0 saturated carbocycles. The van der Waals surface area contributed by atoms with Crippen LogP contribution in [0.25, 0.3) is 0 Å². The topological polar surface area (TPSA) is 97.1 Å². The van der Waals surface area contributed by atoms with Crippen LogP contribution in [0, 0.1) is 0 Å². The standard InChI is InChI=1S/C21H20Cl2N4O3/c1-12(2)19-26-18(30-27-19)7-8-24-20(28)13-3-5-17(6-4-13)25-21(29)14-9-15(22)11-16(23)10-14/h3-6,9-12H,7-8H2,1-2H3,(H,24,28)(H,25,29). The fraction of sp³-hybridized carbons (Fsp3) is 0.238. The van der Waals surface area contributed by atoms with Crippen molar-refractivity contribution in [2.45, 2.75) is 26.2 Å². The van der Waals surface area contributed by atoms with E-state index in [-0.39, 0.29) is 17.7 Å². The van der Waals surface area contributed by atoms with Gasteiger partial charge in [0.2, 0.25) is 5.89 Å². The number of aromatic nitrogens is 2. The van der Waals surface area contributed by atoms with Crippen LogP contribution in [0.3, 0.4) is 0 Å². The first-order valence-corrected chi connectivity index (χ1v) is 10.1. The van der Waals surface area contributed by atoms with Crippen molar-refractivity contribution >= 4 is 40.7 Å². The maximum absolute atomic E-state index is 12.3. The highest BCUT2D eigenvalue weighted by Crippen LogP contribution is 2.20. The molecule has 1 aromatic heterocycles. The third kappa shape index (κ3) is 5.81. The number of carbonyl (C=O) groups excluding carboxylic acids is 2. The smallest absolute Gasteiger partial charge is 0.255 e. The summed E-state index contributed by atoms with van der Waals surface area (Å²) < 4.78 is 5.15. The number of nitrogens with one attached hydrogen (secondary N) is 2. The quantitative estimate of drug-likeness (QED) is 0.546. The van der Waals surface area contributed by atoms with Gasteiger partial charge >= 0.3 is 0 Å². The van der Waals surface area contributed by atoms with E-state index >= 15 is 0 Å². The third-order valence-electron chi connectivity index (χ3n) is 4.15. The van der Waals surface area contributed by atoms with E-state index in [1.807, 2.05) is 13.8 Å². The molecule has 2 N–H and O–H groups in total. The highest BCUT2D eigenvalue weighted by Gasteiger charge is 2.12. The largest absolute Gasteiger partial charge is 0.352 e. The Morgan fingerprint density at radius 1 is 1.00 bits per heavy atom. The summed E-state index contributed by atoms with van der Waals surface area (Å²) in [5.41, 5.74) is 1.35. The summed E-state index contributed by atoms with van der Waals surface area (Å²) in [6, 6.07) is 11.1. The molecule has 0 aliphatic heterocycles. The summed E-state index contributed by atoms with van der Waals surface area (Å²) in [5, 5.41) is 10.2. The van der Waals surface area contributed by atoms with Gasteiger partial charge in [-0.1, -0.05) is 42.2 Å². The summed E-state index contributed by atoms with van der Waals surface area (Å²) in [6.07, 6.45) is 0.446. The number of anilines is 1. The van der Waals surface area contributed by atoms with E-state index in [4.69, 9.17) is 27.7 Å².